The highest BCUT2D eigenvalue weighted by atomic mass is 16.5. The summed E-state index contributed by atoms with van der Waals surface area (Å²) in [6, 6.07) is 1.38. The molecule has 1 aliphatic carbocycles. The van der Waals surface area contributed by atoms with Crippen LogP contribution in [0.25, 0.3) is 0 Å². The van der Waals surface area contributed by atoms with E-state index in [1.165, 1.54) is 17.2 Å². The van der Waals surface area contributed by atoms with E-state index in [-0.39, 0.29) is 17.7 Å². The van der Waals surface area contributed by atoms with Crippen LogP contribution in [0.15, 0.2) is 12.3 Å². The maximum absolute atomic E-state index is 12.0. The average molecular weight is 249 g/mol. The minimum Gasteiger partial charge on any atom is -0.488 e. The first-order valence-electron chi connectivity index (χ1n) is 5.67. The largest absolute Gasteiger partial charge is 0.488 e. The summed E-state index contributed by atoms with van der Waals surface area (Å²) < 4.78 is 5.60. The van der Waals surface area contributed by atoms with Crippen molar-refractivity contribution in [2.45, 2.75) is 18.9 Å². The molecule has 0 aliphatic heterocycles. The summed E-state index contributed by atoms with van der Waals surface area (Å²) >= 11 is 0. The standard InChI is InChI=1S/C12H15N3O3/c1-15(2)12(17)8-5-9(11(13)16)14-6-10(8)18-7-3-4-7/h5-7H,3-4H2,1-2H3,(H2,13,16). The number of nitrogens with zero attached hydrogens (tertiary/aromatic N) is 2. The number of carbonyl (C=O) groups is 2. The van der Waals surface area contributed by atoms with Crippen LogP contribution in [-0.2, 0) is 0 Å². The summed E-state index contributed by atoms with van der Waals surface area (Å²) in [5, 5.41) is 0. The second-order valence-electron chi connectivity index (χ2n) is 4.45. The highest BCUT2D eigenvalue weighted by Gasteiger charge is 2.27. The molecule has 96 valence electrons. The Morgan fingerprint density at radius 2 is 2.11 bits per heavy atom. The average Bonchev–Trinajstić information content (AvgIpc) is 3.12. The van der Waals surface area contributed by atoms with Crippen molar-refractivity contribution < 1.29 is 14.3 Å². The summed E-state index contributed by atoms with van der Waals surface area (Å²) in [4.78, 5) is 28.4. The lowest BCUT2D eigenvalue weighted by atomic mass is 10.2. The van der Waals surface area contributed by atoms with Crippen LogP contribution in [0, 0.1) is 0 Å². The van der Waals surface area contributed by atoms with Gasteiger partial charge in [-0.15, -0.1) is 0 Å². The molecule has 6 nitrogen and oxygen atoms in total. The first kappa shape index (κ1) is 12.3. The molecule has 1 fully saturated rings. The number of hydrogen-bond acceptors (Lipinski definition) is 4. The van der Waals surface area contributed by atoms with Crippen LogP contribution >= 0.6 is 0 Å². The molecule has 0 bridgehead atoms. The fourth-order valence-electron chi connectivity index (χ4n) is 1.44. The number of primary amides is 1. The molecule has 0 unspecified atom stereocenters. The Bertz CT molecular complexity index is 495. The minimum atomic E-state index is -0.666. The third kappa shape index (κ3) is 2.58. The Balaban J connectivity index is 2.38. The van der Waals surface area contributed by atoms with E-state index < -0.39 is 5.91 Å². The van der Waals surface area contributed by atoms with Crippen molar-refractivity contribution in [1.29, 1.82) is 0 Å². The smallest absolute Gasteiger partial charge is 0.267 e. The lowest BCUT2D eigenvalue weighted by Gasteiger charge is -2.14. The zero-order valence-corrected chi connectivity index (χ0v) is 10.3. The third-order valence-corrected chi connectivity index (χ3v) is 2.57. The quantitative estimate of drug-likeness (QED) is 0.838. The molecular weight excluding hydrogens is 234 g/mol. The molecule has 1 heterocycles. The van der Waals surface area contributed by atoms with E-state index in [0.717, 1.165) is 12.8 Å². The van der Waals surface area contributed by atoms with Crippen molar-refractivity contribution in [2.24, 2.45) is 5.73 Å². The zero-order chi connectivity index (χ0) is 13.3. The van der Waals surface area contributed by atoms with Crippen LogP contribution in [0.5, 0.6) is 5.75 Å². The van der Waals surface area contributed by atoms with Gasteiger partial charge in [-0.3, -0.25) is 9.59 Å². The molecule has 0 aromatic carbocycles. The SMILES string of the molecule is CN(C)C(=O)c1cc(C(N)=O)ncc1OC1CC1. The fourth-order valence-corrected chi connectivity index (χ4v) is 1.44. The Morgan fingerprint density at radius 1 is 1.44 bits per heavy atom. The van der Waals surface area contributed by atoms with Crippen LogP contribution < -0.4 is 10.5 Å². The van der Waals surface area contributed by atoms with Crippen molar-refractivity contribution in [3.05, 3.63) is 23.5 Å². The van der Waals surface area contributed by atoms with Crippen LogP contribution in [0.3, 0.4) is 0 Å². The van der Waals surface area contributed by atoms with Gasteiger partial charge in [-0.05, 0) is 18.9 Å². The number of amides is 2. The number of pyridine rings is 1. The number of rotatable bonds is 4. The van der Waals surface area contributed by atoms with E-state index in [9.17, 15) is 9.59 Å². The fraction of sp³-hybridized carbons (Fsp3) is 0.417. The summed E-state index contributed by atoms with van der Waals surface area (Å²) in [5.74, 6) is -0.502. The van der Waals surface area contributed by atoms with E-state index >= 15 is 0 Å². The Kier molecular flexibility index (Phi) is 3.18. The van der Waals surface area contributed by atoms with Gasteiger partial charge >= 0.3 is 0 Å². The molecule has 2 N–H and O–H groups in total. The molecule has 0 saturated heterocycles. The minimum absolute atomic E-state index is 0.0587. The van der Waals surface area contributed by atoms with E-state index in [4.69, 9.17) is 10.5 Å². The molecule has 1 aromatic rings. The van der Waals surface area contributed by atoms with Gasteiger partial charge in [0, 0.05) is 14.1 Å². The predicted octanol–water partition coefficient (Wildman–Crippen LogP) is 0.423. The maximum Gasteiger partial charge on any atom is 0.267 e. The van der Waals surface area contributed by atoms with Gasteiger partial charge in [0.1, 0.15) is 5.69 Å². The van der Waals surface area contributed by atoms with Gasteiger partial charge in [0.2, 0.25) is 0 Å². The molecule has 18 heavy (non-hydrogen) atoms. The molecule has 1 aromatic heterocycles. The van der Waals surface area contributed by atoms with Crippen LogP contribution in [0.4, 0.5) is 0 Å². The van der Waals surface area contributed by atoms with Crippen molar-refractivity contribution in [1.82, 2.24) is 9.88 Å². The molecule has 2 amide bonds. The molecule has 0 atom stereocenters. The molecule has 1 aliphatic rings. The number of carbonyl (C=O) groups excluding carboxylic acids is 2. The molecule has 1 saturated carbocycles. The predicted molar refractivity (Wildman–Crippen MR) is 64.4 cm³/mol. The van der Waals surface area contributed by atoms with Crippen LogP contribution in [0.2, 0.25) is 0 Å². The van der Waals surface area contributed by atoms with Crippen molar-refractivity contribution in [2.75, 3.05) is 14.1 Å². The number of ether oxygens (including phenoxy) is 1. The van der Waals surface area contributed by atoms with Crippen molar-refractivity contribution in [3.8, 4) is 5.75 Å². The van der Waals surface area contributed by atoms with Crippen LogP contribution in [0.1, 0.15) is 33.7 Å². The van der Waals surface area contributed by atoms with Gasteiger partial charge in [-0.25, -0.2) is 4.98 Å². The summed E-state index contributed by atoms with van der Waals surface area (Å²) in [7, 11) is 3.27. The summed E-state index contributed by atoms with van der Waals surface area (Å²) in [6.45, 7) is 0. The van der Waals surface area contributed by atoms with Gasteiger partial charge in [-0.1, -0.05) is 0 Å². The van der Waals surface area contributed by atoms with Crippen molar-refractivity contribution >= 4 is 11.8 Å². The molecule has 6 heteroatoms. The van der Waals surface area contributed by atoms with E-state index in [2.05, 4.69) is 4.98 Å². The normalized spacial score (nSPS) is 14.1. The highest BCUT2D eigenvalue weighted by Crippen LogP contribution is 2.29. The molecule has 2 rings (SSSR count). The summed E-state index contributed by atoms with van der Waals surface area (Å²) in [5.41, 5.74) is 5.53. The Morgan fingerprint density at radius 3 is 2.61 bits per heavy atom. The number of hydrogen-bond donors (Lipinski definition) is 1. The molecule has 0 radical (unpaired) electrons. The first-order chi connectivity index (χ1) is 8.49. The van der Waals surface area contributed by atoms with Crippen LogP contribution in [-0.4, -0.2) is 41.9 Å². The first-order valence-corrected chi connectivity index (χ1v) is 5.67. The topological polar surface area (TPSA) is 85.5 Å². The number of aromatic nitrogens is 1. The monoisotopic (exact) mass is 249 g/mol. The Labute approximate surface area is 105 Å². The second-order valence-corrected chi connectivity index (χ2v) is 4.45. The lowest BCUT2D eigenvalue weighted by Crippen LogP contribution is -2.24. The molecular formula is C12H15N3O3. The maximum atomic E-state index is 12.0. The summed E-state index contributed by atoms with van der Waals surface area (Å²) in [6.07, 6.45) is 3.50. The van der Waals surface area contributed by atoms with Gasteiger partial charge < -0.3 is 15.4 Å². The number of nitrogens with two attached hydrogens (primary N) is 1. The lowest BCUT2D eigenvalue weighted by molar-refractivity contribution is 0.0822. The van der Waals surface area contributed by atoms with Gasteiger partial charge in [0.05, 0.1) is 17.9 Å². The van der Waals surface area contributed by atoms with E-state index in [0.29, 0.717) is 11.3 Å². The molecule has 0 spiro atoms. The highest BCUT2D eigenvalue weighted by molar-refractivity contribution is 5.99. The third-order valence-electron chi connectivity index (χ3n) is 2.57. The van der Waals surface area contributed by atoms with E-state index in [1.807, 2.05) is 0 Å². The Hall–Kier alpha value is -2.11. The van der Waals surface area contributed by atoms with Gasteiger partial charge in [-0.2, -0.15) is 0 Å². The van der Waals surface area contributed by atoms with Crippen molar-refractivity contribution in [3.63, 3.8) is 0 Å². The second kappa shape index (κ2) is 4.64. The van der Waals surface area contributed by atoms with Gasteiger partial charge in [0.25, 0.3) is 11.8 Å². The van der Waals surface area contributed by atoms with E-state index in [1.54, 1.807) is 14.1 Å². The van der Waals surface area contributed by atoms with Gasteiger partial charge in [0.15, 0.2) is 5.75 Å². The zero-order valence-electron chi connectivity index (χ0n) is 10.3.